The lowest BCUT2D eigenvalue weighted by Crippen LogP contribution is -2.40. The second kappa shape index (κ2) is 6.27. The summed E-state index contributed by atoms with van der Waals surface area (Å²) in [5.74, 6) is 0.745. The first-order valence-electron chi connectivity index (χ1n) is 7.74. The molecule has 8 heteroatoms. The topological polar surface area (TPSA) is 73.0 Å². The van der Waals surface area contributed by atoms with E-state index in [2.05, 4.69) is 10.1 Å². The van der Waals surface area contributed by atoms with Crippen LogP contribution in [0.5, 0.6) is 0 Å². The smallest absolute Gasteiger partial charge is 0.345 e. The first kappa shape index (κ1) is 15.9. The van der Waals surface area contributed by atoms with Crippen molar-refractivity contribution in [3.8, 4) is 0 Å². The third-order valence-corrected chi connectivity index (χ3v) is 5.44. The Bertz CT molecular complexity index is 775. The fraction of sp³-hybridized carbons (Fsp3) is 0.600. The van der Waals surface area contributed by atoms with Crippen molar-refractivity contribution < 1.29 is 4.79 Å². The molecular weight excluding hydrogens is 314 g/mol. The molecule has 0 bridgehead atoms. The monoisotopic (exact) mass is 335 g/mol. The van der Waals surface area contributed by atoms with Crippen LogP contribution in [-0.2, 0) is 31.2 Å². The minimum atomic E-state index is -0.142. The number of thiazole rings is 1. The number of fused-ring (bicyclic) bond motifs is 1. The lowest BCUT2D eigenvalue weighted by atomic mass is 9.98. The highest BCUT2D eigenvalue weighted by Gasteiger charge is 2.29. The fourth-order valence-corrected chi connectivity index (χ4v) is 3.77. The molecule has 0 saturated heterocycles. The predicted octanol–water partition coefficient (Wildman–Crippen LogP) is 0.610. The molecule has 2 aromatic heterocycles. The van der Waals surface area contributed by atoms with Crippen molar-refractivity contribution in [1.82, 2.24) is 24.2 Å². The molecule has 2 aromatic rings. The normalized spacial score (nSPS) is 17.1. The number of hydrogen-bond donors (Lipinski definition) is 0. The van der Waals surface area contributed by atoms with Crippen molar-refractivity contribution in [1.29, 1.82) is 0 Å². The van der Waals surface area contributed by atoms with Crippen molar-refractivity contribution in [2.75, 3.05) is 13.6 Å². The van der Waals surface area contributed by atoms with Crippen molar-refractivity contribution in [3.63, 3.8) is 0 Å². The third-order valence-electron chi connectivity index (χ3n) is 4.45. The van der Waals surface area contributed by atoms with Gasteiger partial charge in [-0.3, -0.25) is 9.36 Å². The number of nitrogens with zero attached hydrogens (tertiary/aromatic N) is 5. The lowest BCUT2D eigenvalue weighted by molar-refractivity contribution is -0.135. The molecule has 0 radical (unpaired) electrons. The highest BCUT2D eigenvalue weighted by atomic mass is 32.1. The van der Waals surface area contributed by atoms with E-state index in [1.54, 1.807) is 27.9 Å². The maximum atomic E-state index is 12.6. The number of rotatable bonds is 4. The van der Waals surface area contributed by atoms with Gasteiger partial charge < -0.3 is 4.90 Å². The summed E-state index contributed by atoms with van der Waals surface area (Å²) in [6, 6.07) is 0. The molecule has 124 valence electrons. The molecule has 0 saturated carbocycles. The zero-order chi connectivity index (χ0) is 16.6. The van der Waals surface area contributed by atoms with Crippen LogP contribution in [0.15, 0.2) is 10.3 Å². The van der Waals surface area contributed by atoms with Gasteiger partial charge >= 0.3 is 5.69 Å². The fourth-order valence-electron chi connectivity index (χ4n) is 3.00. The van der Waals surface area contributed by atoms with Gasteiger partial charge in [0.15, 0.2) is 0 Å². The summed E-state index contributed by atoms with van der Waals surface area (Å²) in [6.45, 7) is 3.10. The third kappa shape index (κ3) is 3.08. The van der Waals surface area contributed by atoms with Crippen molar-refractivity contribution in [3.05, 3.63) is 32.4 Å². The number of carbonyl (C=O) groups excluding carboxylic acids is 1. The van der Waals surface area contributed by atoms with E-state index in [0.29, 0.717) is 19.5 Å². The van der Waals surface area contributed by atoms with Crippen LogP contribution >= 0.6 is 11.3 Å². The van der Waals surface area contributed by atoms with Crippen LogP contribution < -0.4 is 5.69 Å². The Hall–Kier alpha value is -1.96. The molecule has 3 rings (SSSR count). The molecular formula is C15H21N5O2S. The molecule has 0 fully saturated rings. The predicted molar refractivity (Wildman–Crippen MR) is 87.5 cm³/mol. The highest BCUT2D eigenvalue weighted by Crippen LogP contribution is 2.19. The number of carbonyl (C=O) groups is 1. The van der Waals surface area contributed by atoms with Crippen LogP contribution in [0.2, 0.25) is 0 Å². The van der Waals surface area contributed by atoms with Crippen LogP contribution in [0.1, 0.15) is 22.8 Å². The number of likely N-dealkylation sites (N-methyl/N-ethyl adjacent to an activating group) is 1. The van der Waals surface area contributed by atoms with E-state index in [9.17, 15) is 9.59 Å². The molecule has 1 amide bonds. The van der Waals surface area contributed by atoms with E-state index >= 15 is 0 Å². The van der Waals surface area contributed by atoms with Gasteiger partial charge in [-0.15, -0.1) is 11.3 Å². The van der Waals surface area contributed by atoms with Crippen molar-refractivity contribution >= 4 is 17.2 Å². The minimum absolute atomic E-state index is 0.105. The Morgan fingerprint density at radius 2 is 2.30 bits per heavy atom. The Morgan fingerprint density at radius 3 is 3.00 bits per heavy atom. The summed E-state index contributed by atoms with van der Waals surface area (Å²) in [6.07, 6.45) is 2.25. The van der Waals surface area contributed by atoms with Crippen LogP contribution in [0.3, 0.4) is 0 Å². The molecule has 0 N–H and O–H groups in total. The SMILES string of the molecule is Cc1ncsc1CCN(C)C(=O)C1CCc2nn(C)c(=O)n2C1. The highest BCUT2D eigenvalue weighted by molar-refractivity contribution is 7.09. The first-order valence-corrected chi connectivity index (χ1v) is 8.62. The first-order chi connectivity index (χ1) is 11.0. The van der Waals surface area contributed by atoms with Gasteiger partial charge in [0.2, 0.25) is 5.91 Å². The van der Waals surface area contributed by atoms with Crippen LogP contribution in [0, 0.1) is 12.8 Å². The van der Waals surface area contributed by atoms with Crippen molar-refractivity contribution in [2.24, 2.45) is 13.0 Å². The Labute approximate surface area is 138 Å². The van der Waals surface area contributed by atoms with Crippen LogP contribution in [-0.4, -0.2) is 43.7 Å². The summed E-state index contributed by atoms with van der Waals surface area (Å²) in [4.78, 5) is 31.9. The van der Waals surface area contributed by atoms with E-state index in [1.165, 1.54) is 9.56 Å². The summed E-state index contributed by atoms with van der Waals surface area (Å²) in [7, 11) is 3.48. The van der Waals surface area contributed by atoms with Gasteiger partial charge in [-0.1, -0.05) is 0 Å². The van der Waals surface area contributed by atoms with E-state index in [-0.39, 0.29) is 17.5 Å². The molecule has 0 aliphatic carbocycles. The molecule has 23 heavy (non-hydrogen) atoms. The van der Waals surface area contributed by atoms with Crippen LogP contribution in [0.25, 0.3) is 0 Å². The Balaban J connectivity index is 1.63. The molecule has 7 nitrogen and oxygen atoms in total. The molecule has 1 atom stereocenters. The lowest BCUT2D eigenvalue weighted by Gasteiger charge is -2.26. The second-order valence-corrected chi connectivity index (χ2v) is 6.98. The molecule has 0 aromatic carbocycles. The maximum absolute atomic E-state index is 12.6. The van der Waals surface area contributed by atoms with Gasteiger partial charge in [0.05, 0.1) is 17.1 Å². The zero-order valence-electron chi connectivity index (χ0n) is 13.7. The molecule has 1 aliphatic rings. The van der Waals surface area contributed by atoms with Crippen LogP contribution in [0.4, 0.5) is 0 Å². The molecule has 1 aliphatic heterocycles. The van der Waals surface area contributed by atoms with Gasteiger partial charge in [0.1, 0.15) is 5.82 Å². The number of aryl methyl sites for hydroxylation is 3. The maximum Gasteiger partial charge on any atom is 0.345 e. The van der Waals surface area contributed by atoms with E-state index in [4.69, 9.17) is 0 Å². The van der Waals surface area contributed by atoms with Crippen molar-refractivity contribution in [2.45, 2.75) is 32.7 Å². The molecule has 0 spiro atoms. The van der Waals surface area contributed by atoms with Gasteiger partial charge in [-0.2, -0.15) is 5.10 Å². The summed E-state index contributed by atoms with van der Waals surface area (Å²) >= 11 is 1.63. The average molecular weight is 335 g/mol. The van der Waals surface area contributed by atoms with E-state index < -0.39 is 0 Å². The Morgan fingerprint density at radius 1 is 1.52 bits per heavy atom. The largest absolute Gasteiger partial charge is 0.345 e. The number of aromatic nitrogens is 4. The summed E-state index contributed by atoms with van der Waals surface area (Å²) < 4.78 is 2.98. The number of hydrogen-bond acceptors (Lipinski definition) is 5. The van der Waals surface area contributed by atoms with Gasteiger partial charge in [0, 0.05) is 44.9 Å². The number of amides is 1. The van der Waals surface area contributed by atoms with E-state index in [1.807, 2.05) is 19.5 Å². The minimum Gasteiger partial charge on any atom is -0.345 e. The zero-order valence-corrected chi connectivity index (χ0v) is 14.5. The van der Waals surface area contributed by atoms with E-state index in [0.717, 1.165) is 24.4 Å². The molecule has 3 heterocycles. The second-order valence-electron chi connectivity index (χ2n) is 6.04. The van der Waals surface area contributed by atoms with Gasteiger partial charge in [0.25, 0.3) is 0 Å². The Kier molecular flexibility index (Phi) is 4.34. The standard InChI is InChI=1S/C15H21N5O2S/c1-10-12(23-9-16-10)6-7-18(2)14(21)11-4-5-13-17-19(3)15(22)20(13)8-11/h9,11H,4-8H2,1-3H3. The van der Waals surface area contributed by atoms with Gasteiger partial charge in [-0.25, -0.2) is 14.5 Å². The summed E-state index contributed by atoms with van der Waals surface area (Å²) in [5, 5.41) is 4.21. The van der Waals surface area contributed by atoms with Gasteiger partial charge in [-0.05, 0) is 13.3 Å². The summed E-state index contributed by atoms with van der Waals surface area (Å²) in [5.41, 5.74) is 2.74. The average Bonchev–Trinajstić information content (AvgIpc) is 3.08. The molecule has 1 unspecified atom stereocenters. The quantitative estimate of drug-likeness (QED) is 0.821.